The van der Waals surface area contributed by atoms with Gasteiger partial charge in [0.2, 0.25) is 5.91 Å². The highest BCUT2D eigenvalue weighted by Gasteiger charge is 2.39. The van der Waals surface area contributed by atoms with Gasteiger partial charge in [0.1, 0.15) is 15.9 Å². The number of halogens is 1. The zero-order chi connectivity index (χ0) is 22.9. The summed E-state index contributed by atoms with van der Waals surface area (Å²) in [5.74, 6) is -0.549. The molecule has 4 rings (SSSR count). The zero-order valence-electron chi connectivity index (χ0n) is 17.9. The van der Waals surface area contributed by atoms with E-state index in [0.29, 0.717) is 43.3 Å². The second-order valence-corrected chi connectivity index (χ2v) is 11.0. The van der Waals surface area contributed by atoms with Crippen LogP contribution in [0.2, 0.25) is 5.02 Å². The molecule has 0 N–H and O–H groups in total. The summed E-state index contributed by atoms with van der Waals surface area (Å²) in [7, 11) is -3.27. The number of carbonyl (C=O) groups excluding carboxylic acids is 2. The maximum Gasteiger partial charge on any atom is 0.255 e. The number of rotatable bonds is 6. The minimum Gasteiger partial charge on any atom is -0.368 e. The molecule has 0 saturated carbocycles. The largest absolute Gasteiger partial charge is 0.368 e. The fourth-order valence-electron chi connectivity index (χ4n) is 4.31. The van der Waals surface area contributed by atoms with Crippen molar-refractivity contribution in [3.63, 3.8) is 0 Å². The van der Waals surface area contributed by atoms with Crippen LogP contribution in [-0.2, 0) is 21.2 Å². The van der Waals surface area contributed by atoms with Gasteiger partial charge >= 0.3 is 0 Å². The third kappa shape index (κ3) is 4.91. The normalized spacial score (nSPS) is 17.4. The predicted octanol–water partition coefficient (Wildman–Crippen LogP) is 2.45. The van der Waals surface area contributed by atoms with E-state index in [9.17, 15) is 18.0 Å². The molecule has 0 unspecified atom stereocenters. The predicted molar refractivity (Wildman–Crippen MR) is 125 cm³/mol. The van der Waals surface area contributed by atoms with Gasteiger partial charge in [-0.15, -0.1) is 0 Å². The fraction of sp³-hybridized carbons (Fsp3) is 0.391. The summed E-state index contributed by atoms with van der Waals surface area (Å²) < 4.78 is 23.7. The average Bonchev–Trinajstić information content (AvgIpc) is 3.10. The van der Waals surface area contributed by atoms with Crippen LogP contribution in [0.3, 0.4) is 0 Å². The van der Waals surface area contributed by atoms with Crippen LogP contribution >= 0.6 is 11.6 Å². The minimum atomic E-state index is -3.27. The number of amides is 2. The average molecular weight is 476 g/mol. The third-order valence-corrected chi connectivity index (χ3v) is 7.29. The number of benzene rings is 2. The van der Waals surface area contributed by atoms with Crippen LogP contribution in [0.25, 0.3) is 0 Å². The SMILES string of the molecule is CS(=O)(=O)CC[C@@H](C(=O)N1CCN(c2ccc(Cl)cc2)CC1)N1Cc2ccccc2C1=O. The first-order valence-corrected chi connectivity index (χ1v) is 13.0. The van der Waals surface area contributed by atoms with Crippen LogP contribution in [0.4, 0.5) is 5.69 Å². The van der Waals surface area contributed by atoms with Gasteiger partial charge in [0.05, 0.1) is 5.75 Å². The first-order valence-electron chi connectivity index (χ1n) is 10.6. The Kier molecular flexibility index (Phi) is 6.44. The maximum atomic E-state index is 13.5. The fourth-order valence-corrected chi connectivity index (χ4v) is 5.09. The van der Waals surface area contributed by atoms with Crippen LogP contribution in [0, 0.1) is 0 Å². The van der Waals surface area contributed by atoms with Crippen molar-refractivity contribution in [2.45, 2.75) is 19.0 Å². The molecule has 7 nitrogen and oxygen atoms in total. The van der Waals surface area contributed by atoms with Crippen molar-refractivity contribution in [2.24, 2.45) is 0 Å². The summed E-state index contributed by atoms with van der Waals surface area (Å²) in [6.07, 6.45) is 1.24. The molecule has 32 heavy (non-hydrogen) atoms. The number of nitrogens with zero attached hydrogens (tertiary/aromatic N) is 3. The van der Waals surface area contributed by atoms with Gasteiger partial charge in [-0.3, -0.25) is 9.59 Å². The van der Waals surface area contributed by atoms with E-state index in [-0.39, 0.29) is 24.0 Å². The van der Waals surface area contributed by atoms with Gasteiger partial charge in [-0.2, -0.15) is 0 Å². The zero-order valence-corrected chi connectivity index (χ0v) is 19.5. The number of hydrogen-bond acceptors (Lipinski definition) is 5. The molecule has 0 bridgehead atoms. The molecular weight excluding hydrogens is 450 g/mol. The van der Waals surface area contributed by atoms with Gasteiger partial charge in [-0.1, -0.05) is 29.8 Å². The second kappa shape index (κ2) is 9.11. The summed E-state index contributed by atoms with van der Waals surface area (Å²) >= 11 is 5.97. The van der Waals surface area contributed by atoms with E-state index >= 15 is 0 Å². The van der Waals surface area contributed by atoms with Crippen molar-refractivity contribution < 1.29 is 18.0 Å². The van der Waals surface area contributed by atoms with Gasteiger partial charge in [0, 0.05) is 55.3 Å². The monoisotopic (exact) mass is 475 g/mol. The summed E-state index contributed by atoms with van der Waals surface area (Å²) in [6, 6.07) is 14.1. The first-order chi connectivity index (χ1) is 15.2. The van der Waals surface area contributed by atoms with Gasteiger partial charge in [0.15, 0.2) is 0 Å². The Balaban J connectivity index is 1.48. The number of sulfone groups is 1. The molecule has 0 aliphatic carbocycles. The molecule has 2 aliphatic rings. The molecular formula is C23H26ClN3O4S. The van der Waals surface area contributed by atoms with E-state index < -0.39 is 15.9 Å². The smallest absolute Gasteiger partial charge is 0.255 e. The molecule has 0 spiro atoms. The molecule has 2 heterocycles. The number of fused-ring (bicyclic) bond motifs is 1. The van der Waals surface area contributed by atoms with Gasteiger partial charge in [-0.25, -0.2) is 8.42 Å². The summed E-state index contributed by atoms with van der Waals surface area (Å²) in [4.78, 5) is 31.9. The molecule has 9 heteroatoms. The number of carbonyl (C=O) groups is 2. The topological polar surface area (TPSA) is 78.0 Å². The standard InChI is InChI=1S/C23H26ClN3O4S/c1-32(30,31)15-10-21(27-16-17-4-2-3-5-20(17)22(27)28)23(29)26-13-11-25(12-14-26)19-8-6-18(24)7-9-19/h2-9,21H,10-16H2,1H3/t21-/m0/s1. The summed E-state index contributed by atoms with van der Waals surface area (Å²) in [5, 5.41) is 0.674. The molecule has 1 saturated heterocycles. The first kappa shape index (κ1) is 22.6. The van der Waals surface area contributed by atoms with Crippen molar-refractivity contribution in [3.05, 3.63) is 64.7 Å². The molecule has 1 fully saturated rings. The molecule has 2 aromatic rings. The van der Waals surface area contributed by atoms with Crippen molar-refractivity contribution >= 4 is 38.9 Å². The van der Waals surface area contributed by atoms with Crippen LogP contribution in [0.5, 0.6) is 0 Å². The quantitative estimate of drug-likeness (QED) is 0.641. The highest BCUT2D eigenvalue weighted by atomic mass is 35.5. The molecule has 2 aliphatic heterocycles. The lowest BCUT2D eigenvalue weighted by Crippen LogP contribution is -2.55. The number of anilines is 1. The van der Waals surface area contributed by atoms with Gasteiger partial charge in [-0.05, 0) is 42.3 Å². The van der Waals surface area contributed by atoms with E-state index in [2.05, 4.69) is 4.90 Å². The van der Waals surface area contributed by atoms with E-state index in [1.807, 2.05) is 36.4 Å². The van der Waals surface area contributed by atoms with Crippen LogP contribution < -0.4 is 4.90 Å². The molecule has 0 aromatic heterocycles. The lowest BCUT2D eigenvalue weighted by atomic mass is 10.1. The molecule has 2 aromatic carbocycles. The Labute approximate surface area is 193 Å². The lowest BCUT2D eigenvalue weighted by Gasteiger charge is -2.39. The Hall–Kier alpha value is -2.58. The summed E-state index contributed by atoms with van der Waals surface area (Å²) in [6.45, 7) is 2.64. The Morgan fingerprint density at radius 2 is 1.69 bits per heavy atom. The minimum absolute atomic E-state index is 0.0921. The summed E-state index contributed by atoms with van der Waals surface area (Å²) in [5.41, 5.74) is 2.49. The Morgan fingerprint density at radius 3 is 2.31 bits per heavy atom. The van der Waals surface area contributed by atoms with Crippen molar-refractivity contribution in [1.82, 2.24) is 9.80 Å². The third-order valence-electron chi connectivity index (χ3n) is 6.06. The van der Waals surface area contributed by atoms with Crippen molar-refractivity contribution in [1.29, 1.82) is 0 Å². The highest BCUT2D eigenvalue weighted by molar-refractivity contribution is 7.90. The molecule has 170 valence electrons. The van der Waals surface area contributed by atoms with Crippen molar-refractivity contribution in [2.75, 3.05) is 43.1 Å². The second-order valence-electron chi connectivity index (χ2n) is 8.31. The maximum absolute atomic E-state index is 13.5. The van der Waals surface area contributed by atoms with E-state index in [0.717, 1.165) is 17.5 Å². The van der Waals surface area contributed by atoms with E-state index in [1.165, 1.54) is 4.90 Å². The Bertz CT molecular complexity index is 1110. The van der Waals surface area contributed by atoms with Crippen LogP contribution in [0.15, 0.2) is 48.5 Å². The molecule has 0 radical (unpaired) electrons. The lowest BCUT2D eigenvalue weighted by molar-refractivity contribution is -0.136. The van der Waals surface area contributed by atoms with E-state index in [1.54, 1.807) is 17.0 Å². The van der Waals surface area contributed by atoms with Gasteiger partial charge < -0.3 is 14.7 Å². The Morgan fingerprint density at radius 1 is 1.03 bits per heavy atom. The molecule has 1 atom stereocenters. The molecule has 2 amide bonds. The van der Waals surface area contributed by atoms with E-state index in [4.69, 9.17) is 11.6 Å². The van der Waals surface area contributed by atoms with Crippen LogP contribution in [0.1, 0.15) is 22.3 Å². The van der Waals surface area contributed by atoms with Crippen LogP contribution in [-0.4, -0.2) is 74.3 Å². The highest BCUT2D eigenvalue weighted by Crippen LogP contribution is 2.27. The number of piperazine rings is 1. The number of hydrogen-bond donors (Lipinski definition) is 0. The van der Waals surface area contributed by atoms with Crippen molar-refractivity contribution in [3.8, 4) is 0 Å². The van der Waals surface area contributed by atoms with Gasteiger partial charge in [0.25, 0.3) is 5.91 Å².